The fourth-order valence-corrected chi connectivity index (χ4v) is 2.02. The molecule has 0 bridgehead atoms. The summed E-state index contributed by atoms with van der Waals surface area (Å²) in [5.41, 5.74) is 2.82. The van der Waals surface area contributed by atoms with Gasteiger partial charge in [-0.25, -0.2) is 9.98 Å². The maximum atomic E-state index is 4.65. The minimum Gasteiger partial charge on any atom is -0.284 e. The van der Waals surface area contributed by atoms with Crippen molar-refractivity contribution in [3.05, 3.63) is 67.4 Å². The standard InChI is InChI=1S/C16H13N3/c1-2-11-17-16-15(13-8-4-3-5-9-13)18-14-10-6-7-12-19(14)16/h2-12H,1H2/b17-11+. The van der Waals surface area contributed by atoms with Gasteiger partial charge in [0.15, 0.2) is 5.82 Å². The Hall–Kier alpha value is -2.68. The summed E-state index contributed by atoms with van der Waals surface area (Å²) in [6.07, 6.45) is 5.31. The molecule has 0 saturated carbocycles. The Kier molecular flexibility index (Phi) is 2.94. The number of aromatic nitrogens is 2. The third-order valence-corrected chi connectivity index (χ3v) is 2.85. The summed E-state index contributed by atoms with van der Waals surface area (Å²) in [5.74, 6) is 0.821. The van der Waals surface area contributed by atoms with Gasteiger partial charge in [-0.05, 0) is 12.1 Å². The lowest BCUT2D eigenvalue weighted by atomic mass is 10.1. The maximum Gasteiger partial charge on any atom is 0.165 e. The van der Waals surface area contributed by atoms with Crippen molar-refractivity contribution in [2.45, 2.75) is 0 Å². The normalized spacial score (nSPS) is 11.2. The molecule has 3 heteroatoms. The van der Waals surface area contributed by atoms with Gasteiger partial charge in [-0.1, -0.05) is 49.1 Å². The van der Waals surface area contributed by atoms with Crippen LogP contribution in [0, 0.1) is 0 Å². The van der Waals surface area contributed by atoms with Crippen LogP contribution in [0.4, 0.5) is 5.82 Å². The van der Waals surface area contributed by atoms with Crippen molar-refractivity contribution in [2.75, 3.05) is 0 Å². The van der Waals surface area contributed by atoms with Gasteiger partial charge in [0.25, 0.3) is 0 Å². The zero-order valence-electron chi connectivity index (χ0n) is 10.4. The molecule has 2 aromatic heterocycles. The molecular weight excluding hydrogens is 234 g/mol. The van der Waals surface area contributed by atoms with Crippen LogP contribution in [-0.2, 0) is 0 Å². The zero-order chi connectivity index (χ0) is 13.1. The first-order chi connectivity index (χ1) is 9.40. The molecule has 0 aliphatic heterocycles. The number of benzene rings is 1. The van der Waals surface area contributed by atoms with Gasteiger partial charge < -0.3 is 0 Å². The lowest BCUT2D eigenvalue weighted by Crippen LogP contribution is -1.82. The monoisotopic (exact) mass is 247 g/mol. The third-order valence-electron chi connectivity index (χ3n) is 2.85. The van der Waals surface area contributed by atoms with E-state index in [0.29, 0.717) is 0 Å². The van der Waals surface area contributed by atoms with Crippen molar-refractivity contribution in [1.29, 1.82) is 0 Å². The SMILES string of the molecule is C=C/C=N/c1c(-c2ccccc2)nc2ccccn12. The molecule has 0 aliphatic carbocycles. The highest BCUT2D eigenvalue weighted by atomic mass is 15.1. The van der Waals surface area contributed by atoms with E-state index in [0.717, 1.165) is 22.7 Å². The van der Waals surface area contributed by atoms with E-state index in [4.69, 9.17) is 0 Å². The average molecular weight is 247 g/mol. The van der Waals surface area contributed by atoms with Gasteiger partial charge in [0.1, 0.15) is 11.3 Å². The molecule has 0 saturated heterocycles. The van der Waals surface area contributed by atoms with Crippen LogP contribution in [0.2, 0.25) is 0 Å². The van der Waals surface area contributed by atoms with E-state index >= 15 is 0 Å². The molecule has 0 N–H and O–H groups in total. The summed E-state index contributed by atoms with van der Waals surface area (Å²) < 4.78 is 1.97. The first-order valence-electron chi connectivity index (χ1n) is 6.08. The molecule has 19 heavy (non-hydrogen) atoms. The molecule has 0 fully saturated rings. The fraction of sp³-hybridized carbons (Fsp3) is 0. The number of hydrogen-bond donors (Lipinski definition) is 0. The Labute approximate surface area is 111 Å². The second kappa shape index (κ2) is 4.90. The summed E-state index contributed by atoms with van der Waals surface area (Å²) in [4.78, 5) is 9.10. The van der Waals surface area contributed by atoms with Crippen LogP contribution < -0.4 is 0 Å². The lowest BCUT2D eigenvalue weighted by Gasteiger charge is -1.99. The zero-order valence-corrected chi connectivity index (χ0v) is 10.4. The van der Waals surface area contributed by atoms with Crippen molar-refractivity contribution < 1.29 is 0 Å². The average Bonchev–Trinajstić information content (AvgIpc) is 2.85. The highest BCUT2D eigenvalue weighted by molar-refractivity contribution is 5.80. The van der Waals surface area contributed by atoms with Crippen LogP contribution in [0.25, 0.3) is 16.9 Å². The molecule has 0 aliphatic rings. The molecule has 1 aromatic carbocycles. The van der Waals surface area contributed by atoms with E-state index in [1.54, 1.807) is 12.3 Å². The van der Waals surface area contributed by atoms with Crippen molar-refractivity contribution in [3.8, 4) is 11.3 Å². The van der Waals surface area contributed by atoms with Crippen LogP contribution in [0.5, 0.6) is 0 Å². The molecule has 0 unspecified atom stereocenters. The van der Waals surface area contributed by atoms with Crippen molar-refractivity contribution >= 4 is 17.7 Å². The molecular formula is C16H13N3. The number of rotatable bonds is 3. The Morgan fingerprint density at radius 3 is 2.63 bits per heavy atom. The quantitative estimate of drug-likeness (QED) is 0.646. The number of pyridine rings is 1. The summed E-state index contributed by atoms with van der Waals surface area (Å²) in [5, 5.41) is 0. The first kappa shape index (κ1) is 11.4. The fourth-order valence-electron chi connectivity index (χ4n) is 2.02. The highest BCUT2D eigenvalue weighted by Crippen LogP contribution is 2.30. The van der Waals surface area contributed by atoms with Crippen molar-refractivity contribution in [3.63, 3.8) is 0 Å². The molecule has 0 radical (unpaired) electrons. The van der Waals surface area contributed by atoms with E-state index in [1.165, 1.54) is 0 Å². The third kappa shape index (κ3) is 2.06. The van der Waals surface area contributed by atoms with E-state index in [1.807, 2.05) is 59.1 Å². The van der Waals surface area contributed by atoms with E-state index in [-0.39, 0.29) is 0 Å². The molecule has 3 rings (SSSR count). The Bertz CT molecular complexity index is 739. The first-order valence-corrected chi connectivity index (χ1v) is 6.08. The lowest BCUT2D eigenvalue weighted by molar-refractivity contribution is 1.17. The predicted octanol–water partition coefficient (Wildman–Crippen LogP) is 3.89. The van der Waals surface area contributed by atoms with Crippen LogP contribution in [0.1, 0.15) is 0 Å². The smallest absolute Gasteiger partial charge is 0.165 e. The number of fused-ring (bicyclic) bond motifs is 1. The Morgan fingerprint density at radius 2 is 1.84 bits per heavy atom. The second-order valence-electron chi connectivity index (χ2n) is 4.09. The minimum absolute atomic E-state index is 0.821. The highest BCUT2D eigenvalue weighted by Gasteiger charge is 2.11. The van der Waals surface area contributed by atoms with Crippen LogP contribution in [-0.4, -0.2) is 15.6 Å². The summed E-state index contributed by atoms with van der Waals surface area (Å²) in [6, 6.07) is 16.0. The van der Waals surface area contributed by atoms with Crippen LogP contribution in [0.3, 0.4) is 0 Å². The topological polar surface area (TPSA) is 29.7 Å². The number of hydrogen-bond acceptors (Lipinski definition) is 2. The minimum atomic E-state index is 0.821. The number of aliphatic imine (C=N–C) groups is 1. The molecule has 3 nitrogen and oxygen atoms in total. The van der Waals surface area contributed by atoms with E-state index < -0.39 is 0 Å². The summed E-state index contributed by atoms with van der Waals surface area (Å²) in [6.45, 7) is 3.66. The molecule has 0 atom stereocenters. The predicted molar refractivity (Wildman–Crippen MR) is 79.0 cm³/mol. The summed E-state index contributed by atoms with van der Waals surface area (Å²) in [7, 11) is 0. The van der Waals surface area contributed by atoms with Gasteiger partial charge in [-0.2, -0.15) is 0 Å². The van der Waals surface area contributed by atoms with Gasteiger partial charge in [-0.3, -0.25) is 4.40 Å². The second-order valence-corrected chi connectivity index (χ2v) is 4.09. The van der Waals surface area contributed by atoms with Gasteiger partial charge in [0, 0.05) is 18.0 Å². The Balaban J connectivity index is 2.29. The molecule has 92 valence electrons. The number of imidazole rings is 1. The molecule has 2 heterocycles. The number of nitrogens with zero attached hydrogens (tertiary/aromatic N) is 3. The van der Waals surface area contributed by atoms with Gasteiger partial charge in [-0.15, -0.1) is 0 Å². The molecule has 3 aromatic rings. The van der Waals surface area contributed by atoms with E-state index in [2.05, 4.69) is 16.6 Å². The Morgan fingerprint density at radius 1 is 1.05 bits per heavy atom. The van der Waals surface area contributed by atoms with Crippen molar-refractivity contribution in [2.24, 2.45) is 4.99 Å². The summed E-state index contributed by atoms with van der Waals surface area (Å²) >= 11 is 0. The maximum absolute atomic E-state index is 4.65. The van der Waals surface area contributed by atoms with Crippen LogP contribution >= 0.6 is 0 Å². The molecule has 0 spiro atoms. The van der Waals surface area contributed by atoms with Crippen LogP contribution in [0.15, 0.2) is 72.4 Å². The largest absolute Gasteiger partial charge is 0.284 e. The van der Waals surface area contributed by atoms with Crippen molar-refractivity contribution in [1.82, 2.24) is 9.38 Å². The number of allylic oxidation sites excluding steroid dienone is 1. The van der Waals surface area contributed by atoms with Gasteiger partial charge >= 0.3 is 0 Å². The van der Waals surface area contributed by atoms with E-state index in [9.17, 15) is 0 Å². The van der Waals surface area contributed by atoms with Gasteiger partial charge in [0.2, 0.25) is 0 Å². The van der Waals surface area contributed by atoms with Gasteiger partial charge in [0.05, 0.1) is 0 Å². The molecule has 0 amide bonds.